The van der Waals surface area contributed by atoms with Gasteiger partial charge in [-0.3, -0.25) is 0 Å². The monoisotopic (exact) mass is 373 g/mol. The summed E-state index contributed by atoms with van der Waals surface area (Å²) >= 11 is 0. The molecule has 3 heteroatoms. The van der Waals surface area contributed by atoms with Crippen molar-refractivity contribution in [2.24, 2.45) is 0 Å². The topological polar surface area (TPSA) is 18.5 Å². The molecule has 0 aliphatic heterocycles. The van der Waals surface area contributed by atoms with Gasteiger partial charge in [0.25, 0.3) is 0 Å². The van der Waals surface area contributed by atoms with Crippen molar-refractivity contribution in [3.63, 3.8) is 0 Å². The second-order valence-corrected chi connectivity index (χ2v) is 7.65. The van der Waals surface area contributed by atoms with Gasteiger partial charge in [0, 0.05) is 36.7 Å². The Morgan fingerprint density at radius 2 is 1.07 bits per heavy atom. The largest absolute Gasteiger partial charge is 0.311 e. The Morgan fingerprint density at radius 1 is 0.643 bits per heavy atom. The summed E-state index contributed by atoms with van der Waals surface area (Å²) in [6.07, 6.45) is 0. The number of likely N-dealkylation sites (N-methyl/N-ethyl adjacent to an activating group) is 1. The lowest BCUT2D eigenvalue weighted by atomic mass is 10.1. The summed E-state index contributed by atoms with van der Waals surface area (Å²) in [4.78, 5) is 4.50. The first-order chi connectivity index (χ1) is 13.5. The minimum absolute atomic E-state index is 0.892. The zero-order chi connectivity index (χ0) is 19.9. The Kier molecular flexibility index (Phi) is 6.85. The van der Waals surface area contributed by atoms with Crippen LogP contribution in [0.25, 0.3) is 0 Å². The second-order valence-electron chi connectivity index (χ2n) is 7.65. The van der Waals surface area contributed by atoms with E-state index in [-0.39, 0.29) is 0 Å². The van der Waals surface area contributed by atoms with Crippen LogP contribution < -0.4 is 10.2 Å². The molecule has 0 aliphatic carbocycles. The first kappa shape index (κ1) is 20.1. The fourth-order valence-corrected chi connectivity index (χ4v) is 3.13. The van der Waals surface area contributed by atoms with Crippen molar-refractivity contribution in [1.82, 2.24) is 10.2 Å². The minimum Gasteiger partial charge on any atom is -0.311 e. The fourth-order valence-electron chi connectivity index (χ4n) is 3.13. The van der Waals surface area contributed by atoms with Crippen LogP contribution in [0.5, 0.6) is 0 Å². The number of hydrogen-bond acceptors (Lipinski definition) is 3. The summed E-state index contributed by atoms with van der Waals surface area (Å²) in [5, 5.41) is 3.50. The third-order valence-electron chi connectivity index (χ3n) is 4.84. The van der Waals surface area contributed by atoms with Crippen LogP contribution in [0.3, 0.4) is 0 Å². The molecule has 146 valence electrons. The molecule has 0 unspecified atom stereocenters. The molecule has 0 aromatic heterocycles. The fraction of sp³-hybridized carbons (Fsp3) is 0.280. The molecule has 3 aromatic carbocycles. The molecule has 28 heavy (non-hydrogen) atoms. The first-order valence-electron chi connectivity index (χ1n) is 9.91. The number of aryl methyl sites for hydroxylation is 2. The predicted octanol–water partition coefficient (Wildman–Crippen LogP) is 5.42. The molecule has 0 aliphatic rings. The average molecular weight is 374 g/mol. The van der Waals surface area contributed by atoms with Gasteiger partial charge in [0.2, 0.25) is 0 Å². The quantitative estimate of drug-likeness (QED) is 0.532. The number of nitrogens with zero attached hydrogens (tertiary/aromatic N) is 2. The summed E-state index contributed by atoms with van der Waals surface area (Å²) in [6, 6.07) is 26.3. The number of nitrogens with one attached hydrogen (secondary N) is 1. The van der Waals surface area contributed by atoms with Crippen LogP contribution >= 0.6 is 0 Å². The van der Waals surface area contributed by atoms with E-state index >= 15 is 0 Å². The summed E-state index contributed by atoms with van der Waals surface area (Å²) in [6.45, 7) is 7.18. The lowest BCUT2D eigenvalue weighted by Gasteiger charge is -2.26. The highest BCUT2D eigenvalue weighted by atomic mass is 15.1. The summed E-state index contributed by atoms with van der Waals surface area (Å²) < 4.78 is 0. The molecule has 0 saturated heterocycles. The Balaban J connectivity index is 1.82. The van der Waals surface area contributed by atoms with E-state index in [1.165, 1.54) is 33.8 Å². The summed E-state index contributed by atoms with van der Waals surface area (Å²) in [7, 11) is 4.20. The van der Waals surface area contributed by atoms with Gasteiger partial charge in [-0.05, 0) is 69.9 Å². The lowest BCUT2D eigenvalue weighted by molar-refractivity contribution is 0.400. The van der Waals surface area contributed by atoms with Crippen LogP contribution in [0.1, 0.15) is 16.7 Å². The molecule has 0 saturated carbocycles. The number of anilines is 3. The molecule has 3 aromatic rings. The van der Waals surface area contributed by atoms with Crippen molar-refractivity contribution in [3.8, 4) is 0 Å². The Bertz CT molecular complexity index is 804. The zero-order valence-electron chi connectivity index (χ0n) is 17.4. The van der Waals surface area contributed by atoms with Gasteiger partial charge in [0.05, 0.1) is 0 Å². The van der Waals surface area contributed by atoms with Crippen molar-refractivity contribution in [2.75, 3.05) is 32.1 Å². The van der Waals surface area contributed by atoms with Crippen LogP contribution in [0, 0.1) is 13.8 Å². The second kappa shape index (κ2) is 9.54. The van der Waals surface area contributed by atoms with Crippen molar-refractivity contribution in [1.29, 1.82) is 0 Å². The third kappa shape index (κ3) is 5.44. The first-order valence-corrected chi connectivity index (χ1v) is 9.91. The molecule has 0 fully saturated rings. The van der Waals surface area contributed by atoms with Crippen LogP contribution in [-0.2, 0) is 6.54 Å². The maximum Gasteiger partial charge on any atom is 0.0461 e. The Hall–Kier alpha value is -2.62. The average Bonchev–Trinajstić information content (AvgIpc) is 2.69. The molecule has 3 rings (SSSR count). The molecular formula is C25H31N3. The van der Waals surface area contributed by atoms with Gasteiger partial charge in [-0.2, -0.15) is 0 Å². The molecule has 0 heterocycles. The van der Waals surface area contributed by atoms with E-state index in [4.69, 9.17) is 0 Å². The van der Waals surface area contributed by atoms with Crippen LogP contribution in [0.4, 0.5) is 17.1 Å². The lowest BCUT2D eigenvalue weighted by Crippen LogP contribution is -2.26. The van der Waals surface area contributed by atoms with Crippen molar-refractivity contribution in [3.05, 3.63) is 89.5 Å². The standard InChI is InChI=1S/C25H31N3/c1-20-5-11-23(12-6-20)28(24-13-7-21(2)8-14-24)25-15-9-22(10-16-25)19-26-17-18-27(3)4/h5-16,26H,17-19H2,1-4H3. The van der Waals surface area contributed by atoms with E-state index in [1.54, 1.807) is 0 Å². The smallest absolute Gasteiger partial charge is 0.0461 e. The molecule has 0 radical (unpaired) electrons. The molecule has 0 atom stereocenters. The number of hydrogen-bond donors (Lipinski definition) is 1. The zero-order valence-corrected chi connectivity index (χ0v) is 17.4. The van der Waals surface area contributed by atoms with Crippen molar-refractivity contribution < 1.29 is 0 Å². The van der Waals surface area contributed by atoms with Crippen LogP contribution in [0.2, 0.25) is 0 Å². The Labute approximate surface area is 169 Å². The van der Waals surface area contributed by atoms with Gasteiger partial charge in [-0.25, -0.2) is 0 Å². The van der Waals surface area contributed by atoms with E-state index in [2.05, 4.69) is 116 Å². The van der Waals surface area contributed by atoms with E-state index < -0.39 is 0 Å². The van der Waals surface area contributed by atoms with Crippen LogP contribution in [0.15, 0.2) is 72.8 Å². The molecule has 0 amide bonds. The number of benzene rings is 3. The maximum absolute atomic E-state index is 3.50. The van der Waals surface area contributed by atoms with Gasteiger partial charge >= 0.3 is 0 Å². The van der Waals surface area contributed by atoms with Gasteiger partial charge in [-0.15, -0.1) is 0 Å². The SMILES string of the molecule is Cc1ccc(N(c2ccc(C)cc2)c2ccc(CNCCN(C)C)cc2)cc1. The normalized spacial score (nSPS) is 11.0. The molecule has 3 nitrogen and oxygen atoms in total. The molecule has 0 spiro atoms. The maximum atomic E-state index is 3.50. The predicted molar refractivity (Wildman–Crippen MR) is 121 cm³/mol. The van der Waals surface area contributed by atoms with Gasteiger partial charge in [0.15, 0.2) is 0 Å². The van der Waals surface area contributed by atoms with Crippen molar-refractivity contribution >= 4 is 17.1 Å². The third-order valence-corrected chi connectivity index (χ3v) is 4.84. The van der Waals surface area contributed by atoms with Crippen LogP contribution in [-0.4, -0.2) is 32.1 Å². The minimum atomic E-state index is 0.892. The van der Waals surface area contributed by atoms with Gasteiger partial charge < -0.3 is 15.1 Å². The summed E-state index contributed by atoms with van der Waals surface area (Å²) in [5.74, 6) is 0. The van der Waals surface area contributed by atoms with Gasteiger partial charge in [0.1, 0.15) is 0 Å². The molecular weight excluding hydrogens is 342 g/mol. The molecule has 0 bridgehead atoms. The highest BCUT2D eigenvalue weighted by Crippen LogP contribution is 2.34. The van der Waals surface area contributed by atoms with Crippen molar-refractivity contribution in [2.45, 2.75) is 20.4 Å². The number of rotatable bonds is 8. The highest BCUT2D eigenvalue weighted by Gasteiger charge is 2.12. The van der Waals surface area contributed by atoms with E-state index in [9.17, 15) is 0 Å². The van der Waals surface area contributed by atoms with E-state index in [0.29, 0.717) is 0 Å². The van der Waals surface area contributed by atoms with E-state index in [1.807, 2.05) is 0 Å². The molecule has 1 N–H and O–H groups in total. The Morgan fingerprint density at radius 3 is 1.50 bits per heavy atom. The van der Waals surface area contributed by atoms with Gasteiger partial charge in [-0.1, -0.05) is 47.5 Å². The highest BCUT2D eigenvalue weighted by molar-refractivity contribution is 5.76. The van der Waals surface area contributed by atoms with E-state index in [0.717, 1.165) is 19.6 Å². The summed E-state index contributed by atoms with van der Waals surface area (Å²) in [5.41, 5.74) is 7.36.